The fourth-order valence-electron chi connectivity index (χ4n) is 2.01. The lowest BCUT2D eigenvalue weighted by molar-refractivity contribution is 0.0834. The van der Waals surface area contributed by atoms with Crippen molar-refractivity contribution in [1.82, 2.24) is 5.32 Å². The molecule has 1 aliphatic rings. The maximum absolute atomic E-state index is 13.4. The van der Waals surface area contributed by atoms with Gasteiger partial charge in [0.25, 0.3) is 0 Å². The molecule has 0 aliphatic carbocycles. The van der Waals surface area contributed by atoms with Crippen molar-refractivity contribution in [1.29, 1.82) is 0 Å². The molecule has 1 saturated heterocycles. The van der Waals surface area contributed by atoms with Gasteiger partial charge < -0.3 is 5.32 Å². The number of carbonyl (C=O) groups is 1. The van der Waals surface area contributed by atoms with E-state index in [1.807, 2.05) is 0 Å². The van der Waals surface area contributed by atoms with Crippen LogP contribution in [0.3, 0.4) is 0 Å². The lowest BCUT2D eigenvalue weighted by Gasteiger charge is -2.21. The van der Waals surface area contributed by atoms with Gasteiger partial charge >= 0.3 is 0 Å². The van der Waals surface area contributed by atoms with Gasteiger partial charge in [-0.15, -0.1) is 0 Å². The highest BCUT2D eigenvalue weighted by Crippen LogP contribution is 2.30. The minimum absolute atomic E-state index is 0.147. The number of nitrogens with one attached hydrogen (secondary N) is 1. The predicted molar refractivity (Wildman–Crippen MR) is 56.3 cm³/mol. The maximum Gasteiger partial charge on any atom is 0.173 e. The molecule has 1 aromatic rings. The van der Waals surface area contributed by atoms with Crippen LogP contribution in [0.25, 0.3) is 0 Å². The Morgan fingerprint density at radius 1 is 1.44 bits per heavy atom. The fourth-order valence-corrected chi connectivity index (χ4v) is 2.01. The van der Waals surface area contributed by atoms with Crippen molar-refractivity contribution in [2.24, 2.45) is 5.41 Å². The zero-order chi connectivity index (χ0) is 11.8. The Morgan fingerprint density at radius 3 is 2.81 bits per heavy atom. The molecule has 1 N–H and O–H groups in total. The molecule has 1 fully saturated rings. The van der Waals surface area contributed by atoms with E-state index in [1.165, 1.54) is 0 Å². The molecule has 16 heavy (non-hydrogen) atoms. The Labute approximate surface area is 92.7 Å². The number of hydrogen-bond donors (Lipinski definition) is 1. The van der Waals surface area contributed by atoms with Crippen LogP contribution in [0.5, 0.6) is 0 Å². The van der Waals surface area contributed by atoms with E-state index in [9.17, 15) is 13.6 Å². The Morgan fingerprint density at radius 2 is 2.19 bits per heavy atom. The molecule has 86 valence electrons. The summed E-state index contributed by atoms with van der Waals surface area (Å²) in [4.78, 5) is 12.1. The van der Waals surface area contributed by atoms with Crippen molar-refractivity contribution < 1.29 is 13.6 Å². The number of carbonyl (C=O) groups excluding carboxylic acids is 1. The maximum atomic E-state index is 13.4. The predicted octanol–water partition coefficient (Wildman–Crippen LogP) is 2.15. The Hall–Kier alpha value is -1.29. The van der Waals surface area contributed by atoms with Crippen LogP contribution >= 0.6 is 0 Å². The molecule has 0 aromatic heterocycles. The van der Waals surface area contributed by atoms with Gasteiger partial charge in [-0.25, -0.2) is 8.78 Å². The average molecular weight is 225 g/mol. The van der Waals surface area contributed by atoms with Gasteiger partial charge in [-0.3, -0.25) is 4.79 Å². The normalized spacial score (nSPS) is 24.7. The van der Waals surface area contributed by atoms with Gasteiger partial charge in [-0.1, -0.05) is 6.92 Å². The highest BCUT2D eigenvalue weighted by Gasteiger charge is 2.37. The van der Waals surface area contributed by atoms with E-state index < -0.39 is 17.0 Å². The molecule has 0 bridgehead atoms. The fraction of sp³-hybridized carbons (Fsp3) is 0.417. The third-order valence-electron chi connectivity index (χ3n) is 3.09. The second kappa shape index (κ2) is 3.94. The van der Waals surface area contributed by atoms with Gasteiger partial charge in [-0.2, -0.15) is 0 Å². The second-order valence-corrected chi connectivity index (χ2v) is 4.44. The number of Topliss-reactive ketones (excluding diaryl/α,β-unsaturated/α-hetero) is 1. The number of ketones is 1. The lowest BCUT2D eigenvalue weighted by Crippen LogP contribution is -2.31. The number of rotatable bonds is 2. The monoisotopic (exact) mass is 225 g/mol. The molecule has 0 radical (unpaired) electrons. The summed E-state index contributed by atoms with van der Waals surface area (Å²) in [5.41, 5.74) is -0.763. The zero-order valence-corrected chi connectivity index (χ0v) is 9.02. The first-order valence-electron chi connectivity index (χ1n) is 5.23. The summed E-state index contributed by atoms with van der Waals surface area (Å²) in [5.74, 6) is -1.56. The van der Waals surface area contributed by atoms with E-state index in [0.717, 1.165) is 24.7 Å². The van der Waals surface area contributed by atoms with Crippen LogP contribution in [0.1, 0.15) is 23.7 Å². The third kappa shape index (κ3) is 1.85. The van der Waals surface area contributed by atoms with Crippen molar-refractivity contribution in [3.05, 3.63) is 35.4 Å². The summed E-state index contributed by atoms with van der Waals surface area (Å²) in [6, 6.07) is 2.98. The highest BCUT2D eigenvalue weighted by molar-refractivity contribution is 6.00. The Balaban J connectivity index is 2.36. The Kier molecular flexibility index (Phi) is 2.76. The van der Waals surface area contributed by atoms with E-state index in [1.54, 1.807) is 6.92 Å². The first-order chi connectivity index (χ1) is 7.53. The van der Waals surface area contributed by atoms with Crippen molar-refractivity contribution in [3.63, 3.8) is 0 Å². The standard InChI is InChI=1S/C12H13F2NO/c1-12(4-5-15-7-12)11(16)9-6-8(13)2-3-10(9)14/h2-3,6,15H,4-5,7H2,1H3. The van der Waals surface area contributed by atoms with Gasteiger partial charge in [0.2, 0.25) is 0 Å². The van der Waals surface area contributed by atoms with Crippen LogP contribution < -0.4 is 5.32 Å². The first-order valence-corrected chi connectivity index (χ1v) is 5.23. The second-order valence-electron chi connectivity index (χ2n) is 4.44. The summed E-state index contributed by atoms with van der Waals surface area (Å²) in [6.45, 7) is 3.03. The SMILES string of the molecule is CC1(C(=O)c2cc(F)ccc2F)CCNC1. The molecule has 4 heteroatoms. The van der Waals surface area contributed by atoms with Crippen LogP contribution in [0.4, 0.5) is 8.78 Å². The Bertz CT molecular complexity index is 425. The summed E-state index contributed by atoms with van der Waals surface area (Å²) >= 11 is 0. The summed E-state index contributed by atoms with van der Waals surface area (Å²) < 4.78 is 26.4. The van der Waals surface area contributed by atoms with Crippen molar-refractivity contribution in [2.45, 2.75) is 13.3 Å². The van der Waals surface area contributed by atoms with Gasteiger partial charge in [0.05, 0.1) is 5.56 Å². The summed E-state index contributed by atoms with van der Waals surface area (Å²) in [6.07, 6.45) is 0.655. The largest absolute Gasteiger partial charge is 0.316 e. The molecule has 1 aromatic carbocycles. The molecular formula is C12H13F2NO. The molecule has 2 nitrogen and oxygen atoms in total. The number of benzene rings is 1. The van der Waals surface area contributed by atoms with Crippen molar-refractivity contribution in [3.8, 4) is 0 Å². The minimum Gasteiger partial charge on any atom is -0.316 e. The van der Waals surface area contributed by atoms with Crippen molar-refractivity contribution in [2.75, 3.05) is 13.1 Å². The van der Waals surface area contributed by atoms with E-state index in [4.69, 9.17) is 0 Å². The molecule has 0 saturated carbocycles. The highest BCUT2D eigenvalue weighted by atomic mass is 19.1. The van der Waals surface area contributed by atoms with Crippen LogP contribution in [-0.2, 0) is 0 Å². The molecule has 0 spiro atoms. The number of halogens is 2. The summed E-state index contributed by atoms with van der Waals surface area (Å²) in [5, 5.41) is 3.06. The smallest absolute Gasteiger partial charge is 0.173 e. The topological polar surface area (TPSA) is 29.1 Å². The average Bonchev–Trinajstić information content (AvgIpc) is 2.69. The zero-order valence-electron chi connectivity index (χ0n) is 9.02. The van der Waals surface area contributed by atoms with Crippen LogP contribution in [0, 0.1) is 17.0 Å². The van der Waals surface area contributed by atoms with Gasteiger partial charge in [-0.05, 0) is 31.2 Å². The summed E-state index contributed by atoms with van der Waals surface area (Å²) in [7, 11) is 0. The van der Waals surface area contributed by atoms with E-state index in [0.29, 0.717) is 13.0 Å². The molecule has 1 unspecified atom stereocenters. The van der Waals surface area contributed by atoms with Crippen LogP contribution in [-0.4, -0.2) is 18.9 Å². The first kappa shape index (κ1) is 11.2. The van der Waals surface area contributed by atoms with Crippen molar-refractivity contribution >= 4 is 5.78 Å². The molecular weight excluding hydrogens is 212 g/mol. The molecule has 1 atom stereocenters. The molecule has 2 rings (SSSR count). The van der Waals surface area contributed by atoms with Gasteiger partial charge in [0, 0.05) is 12.0 Å². The minimum atomic E-state index is -0.653. The molecule has 1 heterocycles. The third-order valence-corrected chi connectivity index (χ3v) is 3.09. The molecule has 1 aliphatic heterocycles. The molecule has 0 amide bonds. The van der Waals surface area contributed by atoms with Gasteiger partial charge in [0.1, 0.15) is 11.6 Å². The number of hydrogen-bond acceptors (Lipinski definition) is 2. The van der Waals surface area contributed by atoms with E-state index >= 15 is 0 Å². The quantitative estimate of drug-likeness (QED) is 0.781. The van der Waals surface area contributed by atoms with Gasteiger partial charge in [0.15, 0.2) is 5.78 Å². The van der Waals surface area contributed by atoms with Crippen LogP contribution in [0.15, 0.2) is 18.2 Å². The van der Waals surface area contributed by atoms with E-state index in [-0.39, 0.29) is 11.3 Å². The van der Waals surface area contributed by atoms with Crippen LogP contribution in [0.2, 0.25) is 0 Å². The lowest BCUT2D eigenvalue weighted by atomic mass is 9.81. The van der Waals surface area contributed by atoms with E-state index in [2.05, 4.69) is 5.32 Å².